The fraction of sp³-hybridized carbons (Fsp3) is 0.637. The molecule has 0 bridgehead atoms. The van der Waals surface area contributed by atoms with Gasteiger partial charge in [-0.25, -0.2) is 4.98 Å². The van der Waals surface area contributed by atoms with Gasteiger partial charge in [0.2, 0.25) is 106 Å². The van der Waals surface area contributed by atoms with E-state index in [-0.39, 0.29) is 89.2 Å². The number of H-pyrrole nitrogens is 1. The van der Waals surface area contributed by atoms with Crippen LogP contribution in [0, 0.1) is 17.2 Å². The van der Waals surface area contributed by atoms with Crippen LogP contribution in [0.15, 0.2) is 42.9 Å². The van der Waals surface area contributed by atoms with E-state index in [9.17, 15) is 111 Å². The molecule has 127 heavy (non-hydrogen) atoms. The summed E-state index contributed by atoms with van der Waals surface area (Å²) >= 11 is 0. The normalized spacial score (nSPS) is 15.1. The molecule has 0 radical (unpaired) electrons. The first kappa shape index (κ1) is 109. The molecule has 47 heteroatoms. The van der Waals surface area contributed by atoms with Gasteiger partial charge >= 0.3 is 5.97 Å². The largest absolute Gasteiger partial charge is 0.481 e. The average molecular weight is 1800 g/mol. The van der Waals surface area contributed by atoms with Crippen LogP contribution in [-0.2, 0) is 104 Å². The second-order valence-corrected chi connectivity index (χ2v) is 31.6. The maximum Gasteiger partial charge on any atom is 0.303 e. The highest BCUT2D eigenvalue weighted by Gasteiger charge is 2.42. The molecule has 31 N–H and O–H groups in total. The number of likely N-dealkylation sites (tertiary alicyclic amines) is 1. The molecule has 0 unspecified atom stereocenters. The summed E-state index contributed by atoms with van der Waals surface area (Å²) in [4.78, 5) is 266. The van der Waals surface area contributed by atoms with E-state index in [1.807, 2.05) is 0 Å². The highest BCUT2D eigenvalue weighted by molar-refractivity contribution is 6.01. The number of aliphatic hydroxyl groups excluding tert-OH is 2. The van der Waals surface area contributed by atoms with Crippen LogP contribution >= 0.6 is 0 Å². The van der Waals surface area contributed by atoms with E-state index in [1.165, 1.54) is 26.4 Å². The number of carbonyl (C=O) groups excluding carboxylic acids is 18. The number of nitrogens with one attached hydrogen (secondary N) is 16. The monoisotopic (exact) mass is 1800 g/mol. The smallest absolute Gasteiger partial charge is 0.303 e. The zero-order valence-electron chi connectivity index (χ0n) is 72.2. The highest BCUT2D eigenvalue weighted by atomic mass is 19.1. The van der Waals surface area contributed by atoms with Crippen molar-refractivity contribution in [3.8, 4) is 0 Å². The van der Waals surface area contributed by atoms with E-state index < -0.39 is 274 Å². The van der Waals surface area contributed by atoms with Gasteiger partial charge in [0.1, 0.15) is 78.5 Å². The zero-order valence-corrected chi connectivity index (χ0v) is 72.2. The van der Waals surface area contributed by atoms with E-state index in [4.69, 9.17) is 39.8 Å². The van der Waals surface area contributed by atoms with Crippen LogP contribution in [0.1, 0.15) is 187 Å². The number of carbonyl (C=O) groups is 19. The van der Waals surface area contributed by atoms with Gasteiger partial charge in [0.25, 0.3) is 0 Å². The van der Waals surface area contributed by atoms with Crippen LogP contribution in [0.5, 0.6) is 0 Å². The van der Waals surface area contributed by atoms with Crippen molar-refractivity contribution in [1.29, 1.82) is 5.41 Å². The number of carboxylic acids is 1. The molecular formula is C80H129FN24O22. The number of benzene rings is 1. The number of nitrogens with two attached hydrogens (primary N) is 6. The lowest BCUT2D eigenvalue weighted by atomic mass is 10.0. The van der Waals surface area contributed by atoms with Crippen molar-refractivity contribution >= 4 is 118 Å². The summed E-state index contributed by atoms with van der Waals surface area (Å²) in [6.07, 6.45) is 4.13. The Labute approximate surface area is 734 Å². The number of nitrogens with zero attached hydrogens (tertiary/aromatic N) is 2. The number of hydrogen-bond donors (Lipinski definition) is 25. The molecule has 0 saturated carbocycles. The Kier molecular flexibility index (Phi) is 50.1. The van der Waals surface area contributed by atoms with Gasteiger partial charge in [-0.1, -0.05) is 103 Å². The lowest BCUT2D eigenvalue weighted by Crippen LogP contribution is -2.62. The number of aliphatic hydroxyl groups is 2. The van der Waals surface area contributed by atoms with Crippen LogP contribution in [0.4, 0.5) is 4.39 Å². The van der Waals surface area contributed by atoms with Gasteiger partial charge < -0.3 is 134 Å². The maximum absolute atomic E-state index is 14.7. The number of halogens is 1. The standard InChI is InChI=1S/C80H129FN24O22/c1-44(2)35-53(99-73(121)54(36-46-19-13-12-14-20-46)100-75(123)56(102-76(124)57(41-106)93-64(112)38-82)40-91-63(111)23-15-10-8-6-5-7-9-11-16-32-81)72(120)103-58(42-107)79(127)105-34-18-22-59(105)77(125)97-52(27-31-65(113)114)70(118)101-55(37-47-39-89-43-92-47)74(122)96-50(25-29-61(84)109)69(117)95-49(21-17-33-90-80(87)88)71(119)104-66(45(3)4)78(126)98-51(26-30-62(85)110)68(116)94-48(67(86)115)24-28-60(83)108/h12-14,19-20,39,43-45,48-59,66,106-107H,5-11,15-18,21-38,40-42,82H2,1-4H3,(H2,83,108)(H2,84,109)(H2,85,110)(H2,86,115)(H,89,92)(H,91,111)(H,93,112)(H,94,116)(H,95,117)(H,96,122)(H,97,125)(H,98,126)(H,99,121)(H,100,123)(H,101,118)(H,102,124)(H,103,120)(H,104,119)(H,113,114)(H4,87,88,90)/t48-,49-,50-,51-,52-,53-,54-,55-,56-,57-,58-,59-,66-/m0/s1. The summed E-state index contributed by atoms with van der Waals surface area (Å²) in [5.41, 5.74) is 33.0. The molecule has 2 heterocycles. The molecule has 1 aromatic carbocycles. The van der Waals surface area contributed by atoms with Gasteiger partial charge in [-0.3, -0.25) is 101 Å². The SMILES string of the molecule is CC(C)C[C@H](NC(=O)[C@H](Cc1ccccc1)NC(=O)[C@H](CNC(=O)CCCCCCCCCCCF)NC(=O)[C@H](CO)NC(=O)CN)C(=O)N[C@@H](CO)C(=O)N1CCC[C@H]1C(=O)N[C@@H](CCC(=O)O)C(=O)N[C@@H](Cc1c[nH]cn1)C(=O)N[C@@H](CCC(N)=O)C(=O)N[C@@H](CCCNC(=N)N)C(=O)N[C@H](C(=O)N[C@@H](CCC(N)=O)C(=O)N[C@@H](CCC(N)=O)C(N)=O)C(C)C. The van der Waals surface area contributed by atoms with Crippen molar-refractivity contribution in [2.75, 3.05) is 46.1 Å². The minimum absolute atomic E-state index is 0.0337. The van der Waals surface area contributed by atoms with Crippen molar-refractivity contribution in [2.24, 2.45) is 46.2 Å². The Bertz CT molecular complexity index is 4000. The molecule has 1 aliphatic rings. The van der Waals surface area contributed by atoms with Crippen molar-refractivity contribution in [2.45, 2.75) is 267 Å². The third-order valence-electron chi connectivity index (χ3n) is 20.3. The van der Waals surface area contributed by atoms with E-state index in [1.54, 1.807) is 44.2 Å². The number of rotatable bonds is 64. The molecule has 1 aromatic heterocycles. The molecule has 1 fully saturated rings. The van der Waals surface area contributed by atoms with Crippen LogP contribution in [-0.4, -0.2) is 273 Å². The number of carboxylic acid groups (broad SMARTS) is 1. The van der Waals surface area contributed by atoms with Crippen LogP contribution < -0.4 is 109 Å². The van der Waals surface area contributed by atoms with E-state index in [0.717, 1.165) is 43.4 Å². The van der Waals surface area contributed by atoms with Gasteiger partial charge in [0, 0.05) is 70.8 Å². The molecule has 1 aliphatic heterocycles. The first-order valence-electron chi connectivity index (χ1n) is 42.4. The number of aliphatic carboxylic acids is 1. The summed E-state index contributed by atoms with van der Waals surface area (Å²) in [5, 5.41) is 73.0. The lowest BCUT2D eigenvalue weighted by molar-refractivity contribution is -0.143. The van der Waals surface area contributed by atoms with Crippen molar-refractivity contribution in [3.63, 3.8) is 0 Å². The Morgan fingerprint density at radius 3 is 1.44 bits per heavy atom. The summed E-state index contributed by atoms with van der Waals surface area (Å²) in [5.74, 6) is -21.2. The minimum atomic E-state index is -1.84. The minimum Gasteiger partial charge on any atom is -0.481 e. The van der Waals surface area contributed by atoms with Gasteiger partial charge in [0.15, 0.2) is 5.96 Å². The number of primary amides is 4. The van der Waals surface area contributed by atoms with Crippen molar-refractivity contribution in [1.82, 2.24) is 89.3 Å². The number of guanidine groups is 1. The average Bonchev–Trinajstić information content (AvgIpc) is 1.65. The summed E-state index contributed by atoms with van der Waals surface area (Å²) in [7, 11) is 0. The number of imidazole rings is 1. The third kappa shape index (κ3) is 42.3. The molecule has 3 rings (SSSR count). The molecule has 1 saturated heterocycles. The lowest BCUT2D eigenvalue weighted by Gasteiger charge is -2.31. The van der Waals surface area contributed by atoms with Crippen LogP contribution in [0.3, 0.4) is 0 Å². The Hall–Kier alpha value is -12.6. The van der Waals surface area contributed by atoms with Crippen LogP contribution in [0.2, 0.25) is 0 Å². The fourth-order valence-electron chi connectivity index (χ4n) is 13.4. The summed E-state index contributed by atoms with van der Waals surface area (Å²) in [6.45, 7) is 2.57. The van der Waals surface area contributed by atoms with Crippen molar-refractivity contribution < 1.29 is 111 Å². The second-order valence-electron chi connectivity index (χ2n) is 31.6. The zero-order chi connectivity index (χ0) is 94.8. The van der Waals surface area contributed by atoms with Gasteiger partial charge in [-0.05, 0) is 88.0 Å². The predicted octanol–water partition coefficient (Wildman–Crippen LogP) is -6.95. The molecule has 46 nitrogen and oxygen atoms in total. The van der Waals surface area contributed by atoms with Gasteiger partial charge in [-0.15, -0.1) is 0 Å². The maximum atomic E-state index is 14.7. The molecule has 0 spiro atoms. The fourth-order valence-corrected chi connectivity index (χ4v) is 13.4. The Balaban J connectivity index is 1.96. The number of unbranched alkanes of at least 4 members (excludes halogenated alkanes) is 8. The Morgan fingerprint density at radius 1 is 0.488 bits per heavy atom. The van der Waals surface area contributed by atoms with E-state index in [2.05, 4.69) is 84.4 Å². The number of amides is 18. The number of hydrogen-bond acceptors (Lipinski definition) is 24. The molecule has 2 aromatic rings. The molecule has 0 aliphatic carbocycles. The van der Waals surface area contributed by atoms with Gasteiger partial charge in [0.05, 0.1) is 38.5 Å². The number of aromatic nitrogens is 2. The first-order chi connectivity index (χ1) is 60.2. The second kappa shape index (κ2) is 58.6. The van der Waals surface area contributed by atoms with E-state index >= 15 is 0 Å². The van der Waals surface area contributed by atoms with Crippen LogP contribution in [0.25, 0.3) is 0 Å². The summed E-state index contributed by atoms with van der Waals surface area (Å²) < 4.78 is 12.5. The number of aromatic amines is 1. The highest BCUT2D eigenvalue weighted by Crippen LogP contribution is 2.21. The third-order valence-corrected chi connectivity index (χ3v) is 20.3. The van der Waals surface area contributed by atoms with Crippen molar-refractivity contribution in [3.05, 3.63) is 54.1 Å². The molecular weight excluding hydrogens is 1670 g/mol. The molecule has 18 amide bonds. The first-order valence-corrected chi connectivity index (χ1v) is 42.4. The molecule has 13 atom stereocenters. The predicted molar refractivity (Wildman–Crippen MR) is 454 cm³/mol. The molecule has 708 valence electrons. The van der Waals surface area contributed by atoms with E-state index in [0.29, 0.717) is 24.8 Å². The quantitative estimate of drug-likeness (QED) is 0.0166. The topological polar surface area (TPSA) is 765 Å². The Morgan fingerprint density at radius 2 is 0.937 bits per heavy atom. The van der Waals surface area contributed by atoms with Gasteiger partial charge in [-0.2, -0.15) is 0 Å². The summed E-state index contributed by atoms with van der Waals surface area (Å²) in [6, 6.07) is -13.2. The number of alkyl halides is 1.